The SMILES string of the molecule is O=C(NCCCn1ccnc1)c1ccc(Cl)c(S(=O)(=O)NCc2ccccc2)c1. The smallest absolute Gasteiger partial charge is 0.251 e. The van der Waals surface area contributed by atoms with Crippen molar-refractivity contribution in [3.05, 3.63) is 83.4 Å². The number of imidazole rings is 1. The summed E-state index contributed by atoms with van der Waals surface area (Å²) in [5, 5.41) is 2.84. The van der Waals surface area contributed by atoms with Crippen LogP contribution in [0.5, 0.6) is 0 Å². The highest BCUT2D eigenvalue weighted by Crippen LogP contribution is 2.23. The molecule has 3 rings (SSSR count). The Balaban J connectivity index is 1.62. The van der Waals surface area contributed by atoms with Gasteiger partial charge in [0, 0.05) is 37.6 Å². The van der Waals surface area contributed by atoms with Gasteiger partial charge in [0.15, 0.2) is 0 Å². The lowest BCUT2D eigenvalue weighted by Crippen LogP contribution is -2.27. The molecule has 0 spiro atoms. The third-order valence-corrected chi connectivity index (χ3v) is 6.11. The lowest BCUT2D eigenvalue weighted by atomic mass is 10.2. The van der Waals surface area contributed by atoms with Crippen LogP contribution in [0.3, 0.4) is 0 Å². The lowest BCUT2D eigenvalue weighted by Gasteiger charge is -2.11. The normalized spacial score (nSPS) is 11.3. The number of aryl methyl sites for hydroxylation is 1. The van der Waals surface area contributed by atoms with Crippen LogP contribution in [0.25, 0.3) is 0 Å². The van der Waals surface area contributed by atoms with Gasteiger partial charge in [-0.3, -0.25) is 4.79 Å². The van der Waals surface area contributed by atoms with Gasteiger partial charge in [-0.15, -0.1) is 0 Å². The van der Waals surface area contributed by atoms with E-state index in [0.29, 0.717) is 6.54 Å². The molecule has 2 aromatic carbocycles. The molecule has 1 aromatic heterocycles. The summed E-state index contributed by atoms with van der Waals surface area (Å²) in [6.45, 7) is 1.31. The van der Waals surface area contributed by atoms with E-state index in [-0.39, 0.29) is 27.9 Å². The van der Waals surface area contributed by atoms with Crippen molar-refractivity contribution in [3.8, 4) is 0 Å². The average Bonchev–Trinajstić information content (AvgIpc) is 3.24. The molecule has 9 heteroatoms. The van der Waals surface area contributed by atoms with Gasteiger partial charge in [0.2, 0.25) is 10.0 Å². The first kappa shape index (κ1) is 21.0. The summed E-state index contributed by atoms with van der Waals surface area (Å²) in [6.07, 6.45) is 5.97. The number of hydrogen-bond donors (Lipinski definition) is 2. The maximum Gasteiger partial charge on any atom is 0.251 e. The average molecular weight is 433 g/mol. The Morgan fingerprint density at radius 3 is 2.66 bits per heavy atom. The second-order valence-electron chi connectivity index (χ2n) is 6.37. The Hall–Kier alpha value is -2.68. The monoisotopic (exact) mass is 432 g/mol. The molecule has 7 nitrogen and oxygen atoms in total. The van der Waals surface area contributed by atoms with E-state index in [9.17, 15) is 13.2 Å². The van der Waals surface area contributed by atoms with E-state index in [2.05, 4.69) is 15.0 Å². The van der Waals surface area contributed by atoms with Gasteiger partial charge in [-0.05, 0) is 30.2 Å². The molecule has 1 heterocycles. The highest BCUT2D eigenvalue weighted by atomic mass is 35.5. The van der Waals surface area contributed by atoms with Crippen molar-refractivity contribution in [2.24, 2.45) is 0 Å². The molecular weight excluding hydrogens is 412 g/mol. The predicted molar refractivity (Wildman–Crippen MR) is 111 cm³/mol. The van der Waals surface area contributed by atoms with Crippen molar-refractivity contribution in [2.45, 2.75) is 24.4 Å². The molecule has 0 aliphatic carbocycles. The molecule has 2 N–H and O–H groups in total. The number of carbonyl (C=O) groups excluding carboxylic acids is 1. The Labute approximate surface area is 174 Å². The van der Waals surface area contributed by atoms with Crippen LogP contribution in [0.1, 0.15) is 22.3 Å². The Morgan fingerprint density at radius 2 is 1.93 bits per heavy atom. The van der Waals surface area contributed by atoms with Gasteiger partial charge < -0.3 is 9.88 Å². The van der Waals surface area contributed by atoms with Crippen LogP contribution >= 0.6 is 11.6 Å². The number of benzene rings is 2. The van der Waals surface area contributed by atoms with Crippen molar-refractivity contribution in [3.63, 3.8) is 0 Å². The Kier molecular flexibility index (Phi) is 7.03. The van der Waals surface area contributed by atoms with Crippen molar-refractivity contribution in [1.29, 1.82) is 0 Å². The van der Waals surface area contributed by atoms with E-state index in [1.54, 1.807) is 12.5 Å². The van der Waals surface area contributed by atoms with Crippen LogP contribution < -0.4 is 10.0 Å². The topological polar surface area (TPSA) is 93.1 Å². The minimum absolute atomic E-state index is 0.0576. The zero-order valence-corrected chi connectivity index (χ0v) is 17.2. The second-order valence-corrected chi connectivity index (χ2v) is 8.51. The van der Waals surface area contributed by atoms with Gasteiger partial charge in [0.25, 0.3) is 5.91 Å². The number of aromatic nitrogens is 2. The summed E-state index contributed by atoms with van der Waals surface area (Å²) < 4.78 is 29.7. The van der Waals surface area contributed by atoms with Crippen molar-refractivity contribution < 1.29 is 13.2 Å². The molecule has 0 saturated carbocycles. The van der Waals surface area contributed by atoms with Crippen LogP contribution in [0, 0.1) is 0 Å². The van der Waals surface area contributed by atoms with Gasteiger partial charge in [-0.2, -0.15) is 0 Å². The molecule has 29 heavy (non-hydrogen) atoms. The van der Waals surface area contributed by atoms with E-state index in [1.807, 2.05) is 41.1 Å². The molecule has 0 unspecified atom stereocenters. The number of amides is 1. The van der Waals surface area contributed by atoms with E-state index in [4.69, 9.17) is 11.6 Å². The van der Waals surface area contributed by atoms with Crippen LogP contribution in [-0.2, 0) is 23.1 Å². The Bertz CT molecular complexity index is 1050. The van der Waals surface area contributed by atoms with Crippen LogP contribution in [0.4, 0.5) is 0 Å². The van der Waals surface area contributed by atoms with E-state index < -0.39 is 10.0 Å². The first-order valence-corrected chi connectivity index (χ1v) is 10.9. The van der Waals surface area contributed by atoms with Crippen LogP contribution in [-0.4, -0.2) is 30.4 Å². The number of rotatable bonds is 9. The molecule has 1 amide bonds. The van der Waals surface area contributed by atoms with E-state index in [1.165, 1.54) is 18.2 Å². The second kappa shape index (κ2) is 9.69. The number of halogens is 1. The molecule has 152 valence electrons. The van der Waals surface area contributed by atoms with Gasteiger partial charge >= 0.3 is 0 Å². The molecule has 0 atom stereocenters. The summed E-state index contributed by atoms with van der Waals surface area (Å²) >= 11 is 6.09. The minimum atomic E-state index is -3.87. The van der Waals surface area contributed by atoms with Crippen LogP contribution in [0.15, 0.2) is 72.1 Å². The summed E-state index contributed by atoms with van der Waals surface area (Å²) in [6, 6.07) is 13.4. The van der Waals surface area contributed by atoms with Crippen LogP contribution in [0.2, 0.25) is 5.02 Å². The highest BCUT2D eigenvalue weighted by Gasteiger charge is 2.20. The molecule has 0 saturated heterocycles. The van der Waals surface area contributed by atoms with Crippen molar-refractivity contribution in [1.82, 2.24) is 19.6 Å². The van der Waals surface area contributed by atoms with Crippen molar-refractivity contribution >= 4 is 27.5 Å². The third-order valence-electron chi connectivity index (χ3n) is 4.23. The standard InChI is InChI=1S/C20H21ClN4O3S/c21-18-8-7-17(20(26)23-9-4-11-25-12-10-22-15-25)13-19(18)29(27,28)24-14-16-5-2-1-3-6-16/h1-3,5-8,10,12-13,15,24H,4,9,11,14H2,(H,23,26). The molecule has 0 aliphatic rings. The lowest BCUT2D eigenvalue weighted by molar-refractivity contribution is 0.0952. The fraction of sp³-hybridized carbons (Fsp3) is 0.200. The molecular formula is C20H21ClN4O3S. The number of nitrogens with one attached hydrogen (secondary N) is 2. The molecule has 0 aliphatic heterocycles. The minimum Gasteiger partial charge on any atom is -0.352 e. The van der Waals surface area contributed by atoms with E-state index in [0.717, 1.165) is 18.5 Å². The Morgan fingerprint density at radius 1 is 1.14 bits per heavy atom. The first-order valence-electron chi connectivity index (χ1n) is 9.03. The molecule has 0 radical (unpaired) electrons. The fourth-order valence-corrected chi connectivity index (χ4v) is 4.23. The fourth-order valence-electron chi connectivity index (χ4n) is 2.69. The van der Waals surface area contributed by atoms with E-state index >= 15 is 0 Å². The summed E-state index contributed by atoms with van der Waals surface area (Å²) in [5.41, 5.74) is 1.05. The quantitative estimate of drug-likeness (QED) is 0.508. The zero-order chi connectivity index (χ0) is 20.7. The maximum absolute atomic E-state index is 12.7. The van der Waals surface area contributed by atoms with Gasteiger partial charge in [-0.1, -0.05) is 41.9 Å². The number of hydrogen-bond acceptors (Lipinski definition) is 4. The zero-order valence-electron chi connectivity index (χ0n) is 15.6. The summed E-state index contributed by atoms with van der Waals surface area (Å²) in [7, 11) is -3.87. The number of nitrogens with zero attached hydrogens (tertiary/aromatic N) is 2. The molecule has 0 fully saturated rings. The third kappa shape index (κ3) is 5.90. The molecule has 3 aromatic rings. The molecule has 0 bridgehead atoms. The maximum atomic E-state index is 12.7. The largest absolute Gasteiger partial charge is 0.352 e. The first-order chi connectivity index (χ1) is 14.0. The number of sulfonamides is 1. The van der Waals surface area contributed by atoms with Crippen molar-refractivity contribution in [2.75, 3.05) is 6.54 Å². The predicted octanol–water partition coefficient (Wildman–Crippen LogP) is 2.84. The summed E-state index contributed by atoms with van der Waals surface area (Å²) in [4.78, 5) is 16.2. The van der Waals surface area contributed by atoms with Gasteiger partial charge in [0.1, 0.15) is 4.90 Å². The highest BCUT2D eigenvalue weighted by molar-refractivity contribution is 7.89. The number of carbonyl (C=O) groups is 1. The van der Waals surface area contributed by atoms with Gasteiger partial charge in [0.05, 0.1) is 11.3 Å². The van der Waals surface area contributed by atoms with Gasteiger partial charge in [-0.25, -0.2) is 18.1 Å². The summed E-state index contributed by atoms with van der Waals surface area (Å²) in [5.74, 6) is -0.355.